The standard InChI is InChI=1S/C33H38ClN5O3.ClH/c34-27-17-13-24(14-18-27)21-38-33(42)29(25-9-5-2-6-10-25)39-32(41)28(19-22-11-15-26(16-12-22)30(35)36)31(40)37-20-23-7-3-1-4-8-23;/h1,3-4,7-8,11-18,25,28-29H,2,5-6,9-10,19-21H2,(H3,35,36)(H,37,40)(H,38,42)(H,39,41);1H/t28?,29-;/m0./s1. The third-order valence-electron chi connectivity index (χ3n) is 7.73. The predicted octanol–water partition coefficient (Wildman–Crippen LogP) is 4.90. The van der Waals surface area contributed by atoms with Gasteiger partial charge in [-0.15, -0.1) is 12.4 Å². The molecule has 1 aliphatic rings. The summed E-state index contributed by atoms with van der Waals surface area (Å²) in [6.07, 6.45) is 4.88. The lowest BCUT2D eigenvalue weighted by Gasteiger charge is -2.31. The zero-order valence-corrected chi connectivity index (χ0v) is 25.6. The van der Waals surface area contributed by atoms with Gasteiger partial charge in [0, 0.05) is 23.7 Å². The van der Waals surface area contributed by atoms with E-state index >= 15 is 0 Å². The minimum absolute atomic E-state index is 0. The zero-order valence-electron chi connectivity index (χ0n) is 24.0. The Bertz CT molecular complexity index is 1360. The Morgan fingerprint density at radius 3 is 1.93 bits per heavy atom. The molecule has 1 unspecified atom stereocenters. The van der Waals surface area contributed by atoms with Crippen molar-refractivity contribution in [3.8, 4) is 0 Å². The molecule has 0 spiro atoms. The van der Waals surface area contributed by atoms with E-state index in [1.165, 1.54) is 0 Å². The lowest BCUT2D eigenvalue weighted by Crippen LogP contribution is -2.54. The first-order chi connectivity index (χ1) is 20.3. The normalized spacial score (nSPS) is 14.4. The van der Waals surface area contributed by atoms with E-state index in [1.54, 1.807) is 36.4 Å². The van der Waals surface area contributed by atoms with Crippen LogP contribution in [0.5, 0.6) is 0 Å². The number of carbonyl (C=O) groups excluding carboxylic acids is 3. The van der Waals surface area contributed by atoms with Gasteiger partial charge in [-0.1, -0.05) is 97.6 Å². The lowest BCUT2D eigenvalue weighted by atomic mass is 9.83. The predicted molar refractivity (Wildman–Crippen MR) is 172 cm³/mol. The maximum atomic E-state index is 13.8. The number of nitrogens with one attached hydrogen (secondary N) is 4. The van der Waals surface area contributed by atoms with Gasteiger partial charge in [0.05, 0.1) is 0 Å². The number of hydrogen-bond donors (Lipinski definition) is 5. The molecule has 0 aromatic heterocycles. The van der Waals surface area contributed by atoms with Gasteiger partial charge in [0.1, 0.15) is 17.8 Å². The molecule has 0 radical (unpaired) electrons. The molecule has 2 atom stereocenters. The molecule has 10 heteroatoms. The molecule has 0 aliphatic heterocycles. The van der Waals surface area contributed by atoms with Crippen LogP contribution in [0.15, 0.2) is 78.9 Å². The molecule has 6 N–H and O–H groups in total. The van der Waals surface area contributed by atoms with Crippen LogP contribution in [0.25, 0.3) is 0 Å². The summed E-state index contributed by atoms with van der Waals surface area (Å²) < 4.78 is 0. The molecule has 228 valence electrons. The molecule has 0 heterocycles. The monoisotopic (exact) mass is 623 g/mol. The number of benzene rings is 3. The van der Waals surface area contributed by atoms with Crippen molar-refractivity contribution in [2.45, 2.75) is 57.7 Å². The maximum Gasteiger partial charge on any atom is 0.243 e. The van der Waals surface area contributed by atoms with Crippen molar-refractivity contribution in [1.29, 1.82) is 5.41 Å². The van der Waals surface area contributed by atoms with Gasteiger partial charge in [0.15, 0.2) is 0 Å². The first kappa shape index (κ1) is 33.6. The summed E-state index contributed by atoms with van der Waals surface area (Å²) in [6, 6.07) is 22.9. The van der Waals surface area contributed by atoms with Gasteiger partial charge in [-0.25, -0.2) is 0 Å². The molecule has 43 heavy (non-hydrogen) atoms. The highest BCUT2D eigenvalue weighted by molar-refractivity contribution is 6.30. The van der Waals surface area contributed by atoms with E-state index in [0.717, 1.165) is 48.8 Å². The van der Waals surface area contributed by atoms with E-state index < -0.39 is 23.8 Å². The number of rotatable bonds is 12. The molecule has 3 aromatic rings. The second-order valence-electron chi connectivity index (χ2n) is 10.8. The third kappa shape index (κ3) is 10.1. The van der Waals surface area contributed by atoms with Crippen LogP contribution in [0.3, 0.4) is 0 Å². The summed E-state index contributed by atoms with van der Waals surface area (Å²) in [4.78, 5) is 40.8. The number of halogens is 2. The quantitative estimate of drug-likeness (QED) is 0.111. The summed E-state index contributed by atoms with van der Waals surface area (Å²) in [5.41, 5.74) is 8.71. The van der Waals surface area contributed by atoms with E-state index in [2.05, 4.69) is 16.0 Å². The first-order valence-electron chi connectivity index (χ1n) is 14.4. The molecule has 1 aliphatic carbocycles. The van der Waals surface area contributed by atoms with Gasteiger partial charge in [0.25, 0.3) is 0 Å². The van der Waals surface area contributed by atoms with Gasteiger partial charge in [-0.2, -0.15) is 0 Å². The maximum absolute atomic E-state index is 13.8. The Kier molecular flexibility index (Phi) is 13.0. The Morgan fingerprint density at radius 2 is 1.33 bits per heavy atom. The molecular weight excluding hydrogens is 585 g/mol. The second-order valence-corrected chi connectivity index (χ2v) is 11.2. The molecule has 4 rings (SSSR count). The van der Waals surface area contributed by atoms with E-state index in [-0.39, 0.29) is 43.0 Å². The van der Waals surface area contributed by atoms with Crippen LogP contribution < -0.4 is 21.7 Å². The number of amides is 3. The number of nitrogens with two attached hydrogens (primary N) is 1. The van der Waals surface area contributed by atoms with Crippen LogP contribution in [0, 0.1) is 17.2 Å². The zero-order chi connectivity index (χ0) is 29.9. The fourth-order valence-electron chi connectivity index (χ4n) is 5.29. The molecule has 8 nitrogen and oxygen atoms in total. The third-order valence-corrected chi connectivity index (χ3v) is 7.98. The summed E-state index contributed by atoms with van der Waals surface area (Å²) in [5, 5.41) is 17.1. The molecule has 1 fully saturated rings. The van der Waals surface area contributed by atoms with Gasteiger partial charge < -0.3 is 21.7 Å². The smallest absolute Gasteiger partial charge is 0.243 e. The fraction of sp³-hybridized carbons (Fsp3) is 0.333. The van der Waals surface area contributed by atoms with Crippen molar-refractivity contribution in [3.63, 3.8) is 0 Å². The van der Waals surface area contributed by atoms with Gasteiger partial charge in [-0.05, 0) is 54.0 Å². The summed E-state index contributed by atoms with van der Waals surface area (Å²) in [7, 11) is 0. The Hall–Kier alpha value is -3.88. The van der Waals surface area contributed by atoms with Crippen molar-refractivity contribution in [1.82, 2.24) is 16.0 Å². The SMILES string of the molecule is Cl.N=C(N)c1ccc(CC(C(=O)NCc2ccccc2)C(=O)N[C@H](C(=O)NCc2ccc(Cl)cc2)C2CCCCC2)cc1. The fourth-order valence-corrected chi connectivity index (χ4v) is 5.41. The van der Waals surface area contributed by atoms with Crippen molar-refractivity contribution in [2.24, 2.45) is 17.6 Å². The van der Waals surface area contributed by atoms with E-state index in [1.807, 2.05) is 42.5 Å². The average Bonchev–Trinajstić information content (AvgIpc) is 3.02. The summed E-state index contributed by atoms with van der Waals surface area (Å²) in [5.74, 6) is -2.32. The minimum atomic E-state index is -1.06. The molecule has 0 bridgehead atoms. The van der Waals surface area contributed by atoms with E-state index in [0.29, 0.717) is 17.1 Å². The van der Waals surface area contributed by atoms with Crippen LogP contribution in [0.1, 0.15) is 54.4 Å². The number of nitrogen functional groups attached to an aromatic ring is 1. The van der Waals surface area contributed by atoms with Crippen molar-refractivity contribution >= 4 is 47.6 Å². The summed E-state index contributed by atoms with van der Waals surface area (Å²) >= 11 is 5.99. The van der Waals surface area contributed by atoms with Crippen LogP contribution >= 0.6 is 24.0 Å². The Balaban J connectivity index is 0.00000506. The van der Waals surface area contributed by atoms with Crippen molar-refractivity contribution in [2.75, 3.05) is 0 Å². The minimum Gasteiger partial charge on any atom is -0.384 e. The van der Waals surface area contributed by atoms with Crippen LogP contribution in [0.4, 0.5) is 0 Å². The number of carbonyl (C=O) groups is 3. The Labute approximate surface area is 264 Å². The molecule has 3 amide bonds. The lowest BCUT2D eigenvalue weighted by molar-refractivity contribution is -0.138. The highest BCUT2D eigenvalue weighted by Crippen LogP contribution is 2.27. The Morgan fingerprint density at radius 1 is 0.767 bits per heavy atom. The van der Waals surface area contributed by atoms with Crippen LogP contribution in [-0.2, 0) is 33.9 Å². The average molecular weight is 625 g/mol. The molecular formula is C33H39Cl2N5O3. The van der Waals surface area contributed by atoms with Gasteiger partial charge in [0.2, 0.25) is 17.7 Å². The molecule has 1 saturated carbocycles. The summed E-state index contributed by atoms with van der Waals surface area (Å²) in [6.45, 7) is 0.582. The van der Waals surface area contributed by atoms with E-state index in [9.17, 15) is 14.4 Å². The van der Waals surface area contributed by atoms with Crippen LogP contribution in [0.2, 0.25) is 5.02 Å². The van der Waals surface area contributed by atoms with Crippen LogP contribution in [-0.4, -0.2) is 29.6 Å². The highest BCUT2D eigenvalue weighted by Gasteiger charge is 2.35. The number of amidine groups is 1. The van der Waals surface area contributed by atoms with E-state index in [4.69, 9.17) is 22.7 Å². The highest BCUT2D eigenvalue weighted by atomic mass is 35.5. The largest absolute Gasteiger partial charge is 0.384 e. The molecule has 0 saturated heterocycles. The molecule has 3 aromatic carbocycles. The van der Waals surface area contributed by atoms with Crippen molar-refractivity contribution in [3.05, 3.63) is 106 Å². The first-order valence-corrected chi connectivity index (χ1v) is 14.8. The topological polar surface area (TPSA) is 137 Å². The van der Waals surface area contributed by atoms with Gasteiger partial charge >= 0.3 is 0 Å². The van der Waals surface area contributed by atoms with Gasteiger partial charge in [-0.3, -0.25) is 19.8 Å². The second kappa shape index (κ2) is 16.7. The van der Waals surface area contributed by atoms with Crippen molar-refractivity contribution < 1.29 is 14.4 Å². The number of hydrogen-bond acceptors (Lipinski definition) is 4.